The number of alkyl halides is 3. The third-order valence-electron chi connectivity index (χ3n) is 6.38. The van der Waals surface area contributed by atoms with Gasteiger partial charge < -0.3 is 10.2 Å². The van der Waals surface area contributed by atoms with Crippen LogP contribution in [0, 0.1) is 5.92 Å². The van der Waals surface area contributed by atoms with E-state index in [1.165, 1.54) is 0 Å². The van der Waals surface area contributed by atoms with Gasteiger partial charge >= 0.3 is 6.18 Å². The Labute approximate surface area is 173 Å². The minimum atomic E-state index is -4.37. The minimum Gasteiger partial charge on any atom is -0.368 e. The molecule has 1 aromatic heterocycles. The molecule has 30 heavy (non-hydrogen) atoms. The van der Waals surface area contributed by atoms with Crippen molar-refractivity contribution in [3.8, 4) is 0 Å². The molecule has 7 nitrogen and oxygen atoms in total. The largest absolute Gasteiger partial charge is 0.410 e. The number of halogens is 3. The van der Waals surface area contributed by atoms with E-state index in [9.17, 15) is 26.4 Å². The van der Waals surface area contributed by atoms with Gasteiger partial charge in [0.05, 0.1) is 17.2 Å². The molecular weight excluding hydrogens is 421 g/mol. The zero-order valence-electron chi connectivity index (χ0n) is 16.9. The number of piperidine rings is 1. The fourth-order valence-electron chi connectivity index (χ4n) is 4.83. The van der Waals surface area contributed by atoms with Crippen LogP contribution in [0.2, 0.25) is 0 Å². The summed E-state index contributed by atoms with van der Waals surface area (Å²) in [5, 5.41) is 7.36. The first-order valence-corrected chi connectivity index (χ1v) is 12.2. The number of rotatable bonds is 3. The molecule has 1 N–H and O–H groups in total. The average Bonchev–Trinajstić information content (AvgIpc) is 3.23. The van der Waals surface area contributed by atoms with Crippen LogP contribution >= 0.6 is 0 Å². The average molecular weight is 449 g/mol. The number of sulfone groups is 1. The van der Waals surface area contributed by atoms with Gasteiger partial charge in [0.1, 0.15) is 5.82 Å². The van der Waals surface area contributed by atoms with Crippen molar-refractivity contribution < 1.29 is 26.4 Å². The number of carbonyl (C=O) groups is 1. The van der Waals surface area contributed by atoms with Gasteiger partial charge in [-0.1, -0.05) is 0 Å². The van der Waals surface area contributed by atoms with E-state index < -0.39 is 22.1 Å². The minimum absolute atomic E-state index is 0.0620. The van der Waals surface area contributed by atoms with Gasteiger partial charge in [0.2, 0.25) is 5.91 Å². The number of fused-ring (bicyclic) bond motifs is 1. The Balaban J connectivity index is 1.46. The molecule has 0 saturated carbocycles. The van der Waals surface area contributed by atoms with Crippen LogP contribution in [0.4, 0.5) is 19.0 Å². The summed E-state index contributed by atoms with van der Waals surface area (Å²) in [7, 11) is -3.03. The second-order valence-electron chi connectivity index (χ2n) is 8.89. The van der Waals surface area contributed by atoms with Gasteiger partial charge in [-0.15, -0.1) is 0 Å². The smallest absolute Gasteiger partial charge is 0.368 e. The second-order valence-corrected chi connectivity index (χ2v) is 11.1. The number of amides is 1. The highest BCUT2D eigenvalue weighted by molar-refractivity contribution is 7.91. The monoisotopic (exact) mass is 448 g/mol. The van der Waals surface area contributed by atoms with Crippen molar-refractivity contribution in [1.29, 1.82) is 0 Å². The molecule has 3 aliphatic rings. The number of nitrogens with one attached hydrogen (secondary N) is 1. The number of carbonyl (C=O) groups excluding carboxylic acids is 1. The fourth-order valence-corrected chi connectivity index (χ4v) is 6.69. The standard InChI is InChI=1S/C19H27F3N4O3S/c1-12-7-16(19(20,21)22)26-17(23-12)9-15(24-26)14-3-2-5-25(10-14)18(27)8-13-4-6-30(28,29)11-13/h9,12-14,16,23H,2-8,10-11H2,1H3. The van der Waals surface area contributed by atoms with Gasteiger partial charge in [0, 0.05) is 37.5 Å². The first-order chi connectivity index (χ1) is 14.0. The van der Waals surface area contributed by atoms with Gasteiger partial charge in [0.15, 0.2) is 15.9 Å². The maximum absolute atomic E-state index is 13.5. The van der Waals surface area contributed by atoms with Crippen molar-refractivity contribution in [2.45, 2.75) is 63.2 Å². The zero-order valence-corrected chi connectivity index (χ0v) is 17.7. The molecule has 1 aromatic rings. The van der Waals surface area contributed by atoms with Crippen LogP contribution in [0.1, 0.15) is 56.7 Å². The van der Waals surface area contributed by atoms with Crippen molar-refractivity contribution in [1.82, 2.24) is 14.7 Å². The molecule has 4 atom stereocenters. The molecule has 168 valence electrons. The van der Waals surface area contributed by atoms with Gasteiger partial charge in [0.25, 0.3) is 0 Å². The van der Waals surface area contributed by atoms with E-state index in [-0.39, 0.29) is 48.1 Å². The van der Waals surface area contributed by atoms with Crippen molar-refractivity contribution in [2.24, 2.45) is 5.92 Å². The lowest BCUT2D eigenvalue weighted by molar-refractivity contribution is -0.173. The summed E-state index contributed by atoms with van der Waals surface area (Å²) in [4.78, 5) is 14.4. The fraction of sp³-hybridized carbons (Fsp3) is 0.789. The topological polar surface area (TPSA) is 84.3 Å². The number of hydrogen-bond acceptors (Lipinski definition) is 5. The molecule has 0 bridgehead atoms. The van der Waals surface area contributed by atoms with Crippen LogP contribution in [0.5, 0.6) is 0 Å². The summed E-state index contributed by atoms with van der Waals surface area (Å²) in [5.74, 6) is 0.225. The maximum Gasteiger partial charge on any atom is 0.410 e. The summed E-state index contributed by atoms with van der Waals surface area (Å²) in [6, 6.07) is -0.278. The normalized spacial score (nSPS) is 31.3. The molecule has 0 radical (unpaired) electrons. The van der Waals surface area contributed by atoms with E-state index in [4.69, 9.17) is 0 Å². The molecule has 4 unspecified atom stereocenters. The van der Waals surface area contributed by atoms with Crippen LogP contribution in [-0.2, 0) is 14.6 Å². The lowest BCUT2D eigenvalue weighted by atomic mass is 9.94. The molecule has 2 fully saturated rings. The third-order valence-corrected chi connectivity index (χ3v) is 8.22. The molecule has 4 heterocycles. The van der Waals surface area contributed by atoms with E-state index in [2.05, 4.69) is 10.4 Å². The van der Waals surface area contributed by atoms with E-state index in [0.29, 0.717) is 31.0 Å². The second kappa shape index (κ2) is 7.72. The first-order valence-electron chi connectivity index (χ1n) is 10.4. The van der Waals surface area contributed by atoms with Crippen molar-refractivity contribution in [2.75, 3.05) is 29.9 Å². The van der Waals surface area contributed by atoms with Crippen molar-refractivity contribution in [3.05, 3.63) is 11.8 Å². The molecule has 1 amide bonds. The predicted octanol–water partition coefficient (Wildman–Crippen LogP) is 2.72. The SMILES string of the molecule is CC1CC(C(F)(F)F)n2nc(C3CCCN(C(=O)CC4CCS(=O)(=O)C4)C3)cc2N1. The Morgan fingerprint density at radius 3 is 2.77 bits per heavy atom. The zero-order chi connectivity index (χ0) is 21.7. The van der Waals surface area contributed by atoms with Crippen LogP contribution in [-0.4, -0.2) is 65.8 Å². The molecular formula is C19H27F3N4O3S. The predicted molar refractivity (Wildman–Crippen MR) is 105 cm³/mol. The molecule has 2 saturated heterocycles. The van der Waals surface area contributed by atoms with Crippen molar-refractivity contribution >= 4 is 21.6 Å². The summed E-state index contributed by atoms with van der Waals surface area (Å²) < 4.78 is 64.7. The summed E-state index contributed by atoms with van der Waals surface area (Å²) in [5.41, 5.74) is 0.571. The lowest BCUT2D eigenvalue weighted by Crippen LogP contribution is -2.40. The Kier molecular flexibility index (Phi) is 5.52. The quantitative estimate of drug-likeness (QED) is 0.769. The van der Waals surface area contributed by atoms with Crippen molar-refractivity contribution in [3.63, 3.8) is 0 Å². The Hall–Kier alpha value is -1.78. The molecule has 11 heteroatoms. The highest BCUT2D eigenvalue weighted by Gasteiger charge is 2.46. The van der Waals surface area contributed by atoms with Gasteiger partial charge in [-0.3, -0.25) is 4.79 Å². The number of likely N-dealkylation sites (tertiary alicyclic amines) is 1. The lowest BCUT2D eigenvalue weighted by Gasteiger charge is -2.33. The Bertz CT molecular complexity index is 915. The molecule has 4 rings (SSSR count). The van der Waals surface area contributed by atoms with Gasteiger partial charge in [-0.25, -0.2) is 13.1 Å². The van der Waals surface area contributed by atoms with E-state index in [1.807, 2.05) is 0 Å². The Morgan fingerprint density at radius 1 is 1.33 bits per heavy atom. The van der Waals surface area contributed by atoms with Crippen LogP contribution in [0.15, 0.2) is 6.07 Å². The highest BCUT2D eigenvalue weighted by Crippen LogP contribution is 2.40. The maximum atomic E-state index is 13.5. The number of nitrogens with zero attached hydrogens (tertiary/aromatic N) is 3. The molecule has 0 spiro atoms. The van der Waals surface area contributed by atoms with E-state index >= 15 is 0 Å². The van der Waals surface area contributed by atoms with Gasteiger partial charge in [-0.05, 0) is 38.5 Å². The summed E-state index contributed by atoms with van der Waals surface area (Å²) in [6.07, 6.45) is -2.22. The van der Waals surface area contributed by atoms with Gasteiger partial charge in [-0.2, -0.15) is 18.3 Å². The molecule has 0 aliphatic carbocycles. The highest BCUT2D eigenvalue weighted by atomic mass is 32.2. The van der Waals surface area contributed by atoms with E-state index in [1.54, 1.807) is 17.9 Å². The molecule has 3 aliphatic heterocycles. The van der Waals surface area contributed by atoms with Crippen LogP contribution in [0.3, 0.4) is 0 Å². The molecule has 0 aromatic carbocycles. The number of aromatic nitrogens is 2. The Morgan fingerprint density at radius 2 is 2.10 bits per heavy atom. The van der Waals surface area contributed by atoms with Crippen LogP contribution < -0.4 is 5.32 Å². The van der Waals surface area contributed by atoms with E-state index in [0.717, 1.165) is 17.5 Å². The van der Waals surface area contributed by atoms with Crippen LogP contribution in [0.25, 0.3) is 0 Å². The summed E-state index contributed by atoms with van der Waals surface area (Å²) >= 11 is 0. The number of anilines is 1. The number of hydrogen-bond donors (Lipinski definition) is 1. The first kappa shape index (κ1) is 21.5. The summed E-state index contributed by atoms with van der Waals surface area (Å²) in [6.45, 7) is 2.71. The third kappa shape index (κ3) is 4.45.